The third kappa shape index (κ3) is 7.34. The Morgan fingerprint density at radius 3 is 2.24 bits per heavy atom. The number of carbonyl (C=O) groups is 2. The lowest BCUT2D eigenvalue weighted by Gasteiger charge is -2.09. The number of halogens is 3. The second-order valence-electron chi connectivity index (χ2n) is 4.59. The summed E-state index contributed by atoms with van der Waals surface area (Å²) in [5.74, 6) is -0.0735. The van der Waals surface area contributed by atoms with Gasteiger partial charge in [-0.25, -0.2) is 4.79 Å². The first kappa shape index (κ1) is 17.0. The van der Waals surface area contributed by atoms with Gasteiger partial charge in [0.2, 0.25) is 0 Å². The average molecular weight is 302 g/mol. The van der Waals surface area contributed by atoms with Gasteiger partial charge in [0.25, 0.3) is 0 Å². The van der Waals surface area contributed by atoms with Crippen molar-refractivity contribution in [2.45, 2.75) is 32.4 Å². The molecule has 4 nitrogen and oxygen atoms in total. The van der Waals surface area contributed by atoms with E-state index in [0.717, 1.165) is 0 Å². The second-order valence-corrected chi connectivity index (χ2v) is 4.59. The van der Waals surface area contributed by atoms with E-state index in [1.807, 2.05) is 0 Å². The number of alkyl halides is 3. The number of Topliss-reactive ketones (excluding diaryl/α,β-unsaturated/α-hetero) is 1. The summed E-state index contributed by atoms with van der Waals surface area (Å²) in [4.78, 5) is 22.6. The van der Waals surface area contributed by atoms with E-state index in [1.165, 1.54) is 6.92 Å². The molecular weight excluding hydrogens is 285 g/mol. The third-order valence-electron chi connectivity index (χ3n) is 2.72. The van der Waals surface area contributed by atoms with Crippen molar-refractivity contribution < 1.29 is 22.8 Å². The maximum Gasteiger partial charge on any atom is 0.389 e. The van der Waals surface area contributed by atoms with Gasteiger partial charge in [-0.05, 0) is 44.0 Å². The Hall–Kier alpha value is -2.05. The molecular formula is C14H17F3N2O2. The molecule has 7 heteroatoms. The molecule has 0 radical (unpaired) electrons. The van der Waals surface area contributed by atoms with Gasteiger partial charge < -0.3 is 10.6 Å². The van der Waals surface area contributed by atoms with E-state index >= 15 is 0 Å². The van der Waals surface area contributed by atoms with Crippen LogP contribution in [-0.2, 0) is 0 Å². The van der Waals surface area contributed by atoms with Crippen LogP contribution >= 0.6 is 0 Å². The van der Waals surface area contributed by atoms with Crippen LogP contribution in [0.1, 0.15) is 36.5 Å². The number of unbranched alkanes of at least 4 members (excludes halogenated alkanes) is 1. The summed E-state index contributed by atoms with van der Waals surface area (Å²) in [5, 5.41) is 5.00. The highest BCUT2D eigenvalue weighted by atomic mass is 19.4. The summed E-state index contributed by atoms with van der Waals surface area (Å²) < 4.78 is 35.7. The first-order valence-corrected chi connectivity index (χ1v) is 6.50. The Bertz CT molecular complexity index is 484. The fourth-order valence-electron chi connectivity index (χ4n) is 1.62. The zero-order valence-electron chi connectivity index (χ0n) is 11.6. The lowest BCUT2D eigenvalue weighted by molar-refractivity contribution is -0.135. The normalized spacial score (nSPS) is 11.0. The van der Waals surface area contributed by atoms with Crippen LogP contribution in [0.4, 0.5) is 23.7 Å². The Labute approximate surface area is 120 Å². The average Bonchev–Trinajstić information content (AvgIpc) is 2.37. The molecule has 1 aromatic rings. The number of ketones is 1. The lowest BCUT2D eigenvalue weighted by Crippen LogP contribution is -2.29. The number of anilines is 1. The number of hydrogen-bond donors (Lipinski definition) is 2. The molecule has 0 bridgehead atoms. The van der Waals surface area contributed by atoms with Gasteiger partial charge in [0.1, 0.15) is 0 Å². The molecule has 1 rings (SSSR count). The van der Waals surface area contributed by atoms with E-state index in [9.17, 15) is 22.8 Å². The third-order valence-corrected chi connectivity index (χ3v) is 2.72. The number of nitrogens with one attached hydrogen (secondary N) is 2. The Balaban J connectivity index is 2.26. The highest BCUT2D eigenvalue weighted by molar-refractivity contribution is 5.95. The smallest absolute Gasteiger partial charge is 0.338 e. The fraction of sp³-hybridized carbons (Fsp3) is 0.429. The highest BCUT2D eigenvalue weighted by Gasteiger charge is 2.25. The van der Waals surface area contributed by atoms with Crippen LogP contribution in [0, 0.1) is 0 Å². The molecule has 0 heterocycles. The predicted octanol–water partition coefficient (Wildman–Crippen LogP) is 3.74. The molecule has 0 atom stereocenters. The topological polar surface area (TPSA) is 58.2 Å². The van der Waals surface area contributed by atoms with Crippen molar-refractivity contribution in [1.29, 1.82) is 0 Å². The van der Waals surface area contributed by atoms with Gasteiger partial charge in [-0.15, -0.1) is 0 Å². The van der Waals surface area contributed by atoms with Crippen LogP contribution in [-0.4, -0.2) is 24.5 Å². The van der Waals surface area contributed by atoms with E-state index < -0.39 is 18.6 Å². The van der Waals surface area contributed by atoms with Crippen molar-refractivity contribution in [2.75, 3.05) is 11.9 Å². The van der Waals surface area contributed by atoms with Crippen LogP contribution in [0.2, 0.25) is 0 Å². The van der Waals surface area contributed by atoms with Crippen molar-refractivity contribution in [3.05, 3.63) is 29.8 Å². The predicted molar refractivity (Wildman–Crippen MR) is 73.4 cm³/mol. The molecule has 0 aromatic heterocycles. The van der Waals surface area contributed by atoms with E-state index in [2.05, 4.69) is 10.6 Å². The minimum absolute atomic E-state index is 0.0168. The van der Waals surface area contributed by atoms with Crippen LogP contribution < -0.4 is 10.6 Å². The summed E-state index contributed by atoms with van der Waals surface area (Å²) in [6.45, 7) is 1.61. The maximum atomic E-state index is 11.9. The number of rotatable bonds is 6. The number of hydrogen-bond acceptors (Lipinski definition) is 2. The molecule has 2 amide bonds. The fourth-order valence-corrected chi connectivity index (χ4v) is 1.62. The second kappa shape index (κ2) is 7.66. The largest absolute Gasteiger partial charge is 0.389 e. The zero-order valence-corrected chi connectivity index (χ0v) is 11.6. The van der Waals surface area contributed by atoms with E-state index in [-0.39, 0.29) is 25.2 Å². The van der Waals surface area contributed by atoms with Gasteiger partial charge in [-0.1, -0.05) is 0 Å². The standard InChI is InChI=1S/C14H17F3N2O2/c1-10(20)11-4-6-12(7-5-11)19-13(21)18-9-3-2-8-14(15,16)17/h4-7H,2-3,8-9H2,1H3,(H2,18,19,21). The quantitative estimate of drug-likeness (QED) is 0.621. The lowest BCUT2D eigenvalue weighted by atomic mass is 10.1. The summed E-state index contributed by atoms with van der Waals surface area (Å²) >= 11 is 0. The Kier molecular flexibility index (Phi) is 6.20. The first-order chi connectivity index (χ1) is 9.78. The highest BCUT2D eigenvalue weighted by Crippen LogP contribution is 2.21. The number of amides is 2. The first-order valence-electron chi connectivity index (χ1n) is 6.50. The summed E-state index contributed by atoms with van der Waals surface area (Å²) in [6, 6.07) is 5.85. The molecule has 1 aromatic carbocycles. The minimum Gasteiger partial charge on any atom is -0.338 e. The monoisotopic (exact) mass is 302 g/mol. The minimum atomic E-state index is -4.15. The molecule has 21 heavy (non-hydrogen) atoms. The van der Waals surface area contributed by atoms with Gasteiger partial charge in [0, 0.05) is 24.2 Å². The summed E-state index contributed by atoms with van der Waals surface area (Å²) in [7, 11) is 0. The van der Waals surface area contributed by atoms with Crippen LogP contribution in [0.15, 0.2) is 24.3 Å². The summed E-state index contributed by atoms with van der Waals surface area (Å²) in [5.41, 5.74) is 1.04. The maximum absolute atomic E-state index is 11.9. The Morgan fingerprint density at radius 2 is 1.71 bits per heavy atom. The van der Waals surface area contributed by atoms with Crippen molar-refractivity contribution in [2.24, 2.45) is 0 Å². The van der Waals surface area contributed by atoms with E-state index in [1.54, 1.807) is 24.3 Å². The van der Waals surface area contributed by atoms with Crippen molar-refractivity contribution in [3.8, 4) is 0 Å². The Morgan fingerprint density at radius 1 is 1.10 bits per heavy atom. The van der Waals surface area contributed by atoms with Gasteiger partial charge >= 0.3 is 12.2 Å². The van der Waals surface area contributed by atoms with Crippen molar-refractivity contribution in [1.82, 2.24) is 5.32 Å². The van der Waals surface area contributed by atoms with Gasteiger partial charge in [-0.3, -0.25) is 4.79 Å². The van der Waals surface area contributed by atoms with Gasteiger partial charge in [0.15, 0.2) is 5.78 Å². The van der Waals surface area contributed by atoms with Crippen molar-refractivity contribution >= 4 is 17.5 Å². The molecule has 0 spiro atoms. The van der Waals surface area contributed by atoms with Gasteiger partial charge in [0.05, 0.1) is 0 Å². The molecule has 0 aliphatic heterocycles. The number of carbonyl (C=O) groups excluding carboxylic acids is 2. The van der Waals surface area contributed by atoms with Crippen LogP contribution in [0.25, 0.3) is 0 Å². The van der Waals surface area contributed by atoms with Gasteiger partial charge in [-0.2, -0.15) is 13.2 Å². The molecule has 0 aliphatic rings. The number of urea groups is 1. The molecule has 0 aliphatic carbocycles. The molecule has 0 unspecified atom stereocenters. The molecule has 2 N–H and O–H groups in total. The van der Waals surface area contributed by atoms with Crippen molar-refractivity contribution in [3.63, 3.8) is 0 Å². The molecule has 0 saturated heterocycles. The van der Waals surface area contributed by atoms with Crippen LogP contribution in [0.3, 0.4) is 0 Å². The molecule has 0 saturated carbocycles. The SMILES string of the molecule is CC(=O)c1ccc(NC(=O)NCCCCC(F)(F)F)cc1. The number of benzene rings is 1. The van der Waals surface area contributed by atoms with E-state index in [4.69, 9.17) is 0 Å². The zero-order chi connectivity index (χ0) is 15.9. The van der Waals surface area contributed by atoms with Crippen LogP contribution in [0.5, 0.6) is 0 Å². The van der Waals surface area contributed by atoms with E-state index in [0.29, 0.717) is 11.3 Å². The summed E-state index contributed by atoms with van der Waals surface area (Å²) in [6.07, 6.45) is -4.75. The molecule has 0 fully saturated rings. The molecule has 116 valence electrons.